The number of fused-ring (bicyclic) bond motifs is 1. The SMILES string of the molecule is CC(C)(Oc1ccc(OCCC2CN(Cc3ccc4ccccc4c3)C(=O)N2)cc1)C(=O)O. The van der Waals surface area contributed by atoms with E-state index in [0.717, 1.165) is 5.56 Å². The summed E-state index contributed by atoms with van der Waals surface area (Å²) >= 11 is 0. The summed E-state index contributed by atoms with van der Waals surface area (Å²) in [6.07, 6.45) is 0.685. The van der Waals surface area contributed by atoms with Crippen molar-refractivity contribution in [3.05, 3.63) is 72.3 Å². The molecule has 1 aliphatic rings. The van der Waals surface area contributed by atoms with Gasteiger partial charge in [0.15, 0.2) is 5.60 Å². The smallest absolute Gasteiger partial charge is 0.347 e. The molecule has 3 aromatic carbocycles. The van der Waals surface area contributed by atoms with Crippen LogP contribution in [0.3, 0.4) is 0 Å². The standard InChI is InChI=1S/C26H28N2O5/c1-26(2,24(29)30)33-23-11-9-22(10-12-23)32-14-13-21-17-28(25(31)27-21)16-18-7-8-19-5-3-4-6-20(19)15-18/h3-12,15,21H,13-14,16-17H2,1-2H3,(H,27,31)(H,29,30). The van der Waals surface area contributed by atoms with Crippen molar-refractivity contribution >= 4 is 22.8 Å². The Labute approximate surface area is 192 Å². The molecule has 0 radical (unpaired) electrons. The van der Waals surface area contributed by atoms with Crippen molar-refractivity contribution in [1.82, 2.24) is 10.2 Å². The number of benzene rings is 3. The maximum atomic E-state index is 12.4. The fraction of sp³-hybridized carbons (Fsp3) is 0.308. The van der Waals surface area contributed by atoms with Crippen molar-refractivity contribution < 1.29 is 24.2 Å². The molecule has 0 aliphatic carbocycles. The number of urea groups is 1. The molecule has 1 atom stereocenters. The number of carbonyl (C=O) groups excluding carboxylic acids is 1. The summed E-state index contributed by atoms with van der Waals surface area (Å²) in [5.41, 5.74) is -0.198. The zero-order chi connectivity index (χ0) is 23.4. The summed E-state index contributed by atoms with van der Waals surface area (Å²) in [6, 6.07) is 21.3. The van der Waals surface area contributed by atoms with E-state index >= 15 is 0 Å². The lowest BCUT2D eigenvalue weighted by Gasteiger charge is -2.21. The van der Waals surface area contributed by atoms with Crippen molar-refractivity contribution in [3.8, 4) is 11.5 Å². The zero-order valence-electron chi connectivity index (χ0n) is 18.8. The third-order valence-corrected chi connectivity index (χ3v) is 5.69. The van der Waals surface area contributed by atoms with Gasteiger partial charge in [-0.1, -0.05) is 36.4 Å². The Morgan fingerprint density at radius 3 is 2.48 bits per heavy atom. The molecule has 7 nitrogen and oxygen atoms in total. The first-order valence-corrected chi connectivity index (χ1v) is 11.0. The second kappa shape index (κ2) is 9.40. The van der Waals surface area contributed by atoms with Gasteiger partial charge in [-0.05, 0) is 60.5 Å². The monoisotopic (exact) mass is 448 g/mol. The van der Waals surface area contributed by atoms with Gasteiger partial charge in [0.25, 0.3) is 0 Å². The molecular weight excluding hydrogens is 420 g/mol. The van der Waals surface area contributed by atoms with Crippen LogP contribution in [-0.4, -0.2) is 46.8 Å². The lowest BCUT2D eigenvalue weighted by atomic mass is 10.1. The van der Waals surface area contributed by atoms with E-state index in [9.17, 15) is 9.59 Å². The van der Waals surface area contributed by atoms with Crippen LogP contribution in [-0.2, 0) is 11.3 Å². The van der Waals surface area contributed by atoms with E-state index in [1.165, 1.54) is 24.6 Å². The molecule has 1 aliphatic heterocycles. The molecule has 0 bridgehead atoms. The molecule has 33 heavy (non-hydrogen) atoms. The normalized spacial score (nSPS) is 16.0. The fourth-order valence-electron chi connectivity index (χ4n) is 3.78. The molecule has 3 aromatic rings. The Kier molecular flexibility index (Phi) is 6.40. The van der Waals surface area contributed by atoms with Crippen molar-refractivity contribution in [1.29, 1.82) is 0 Å². The lowest BCUT2D eigenvalue weighted by Crippen LogP contribution is -2.37. The first-order chi connectivity index (χ1) is 15.8. The number of amides is 2. The summed E-state index contributed by atoms with van der Waals surface area (Å²) in [5, 5.41) is 14.5. The van der Waals surface area contributed by atoms with Crippen LogP contribution >= 0.6 is 0 Å². The number of hydrogen-bond acceptors (Lipinski definition) is 4. The Balaban J connectivity index is 1.25. The van der Waals surface area contributed by atoms with Crippen LogP contribution in [0, 0.1) is 0 Å². The van der Waals surface area contributed by atoms with Gasteiger partial charge in [-0.2, -0.15) is 0 Å². The highest BCUT2D eigenvalue weighted by Crippen LogP contribution is 2.23. The maximum absolute atomic E-state index is 12.4. The predicted octanol–water partition coefficient (Wildman–Crippen LogP) is 4.44. The summed E-state index contributed by atoms with van der Waals surface area (Å²) in [6.45, 7) is 4.65. The molecule has 1 saturated heterocycles. The number of aliphatic carboxylic acids is 1. The number of carbonyl (C=O) groups is 2. The molecule has 0 saturated carbocycles. The van der Waals surface area contributed by atoms with Gasteiger partial charge in [-0.25, -0.2) is 9.59 Å². The van der Waals surface area contributed by atoms with E-state index in [4.69, 9.17) is 14.6 Å². The Morgan fingerprint density at radius 1 is 1.06 bits per heavy atom. The highest BCUT2D eigenvalue weighted by Gasteiger charge is 2.30. The van der Waals surface area contributed by atoms with Crippen molar-refractivity contribution in [2.75, 3.05) is 13.2 Å². The first-order valence-electron chi connectivity index (χ1n) is 11.0. The molecule has 7 heteroatoms. The topological polar surface area (TPSA) is 88.1 Å². The van der Waals surface area contributed by atoms with Gasteiger partial charge in [0.2, 0.25) is 0 Å². The third-order valence-electron chi connectivity index (χ3n) is 5.69. The molecule has 172 valence electrons. The largest absolute Gasteiger partial charge is 0.494 e. The second-order valence-electron chi connectivity index (χ2n) is 8.73. The highest BCUT2D eigenvalue weighted by molar-refractivity contribution is 5.83. The van der Waals surface area contributed by atoms with E-state index in [0.29, 0.717) is 37.6 Å². The van der Waals surface area contributed by atoms with Crippen LogP contribution in [0.25, 0.3) is 10.8 Å². The number of ether oxygens (including phenoxy) is 2. The number of nitrogens with zero attached hydrogens (tertiary/aromatic N) is 1. The molecule has 4 rings (SSSR count). The highest BCUT2D eigenvalue weighted by atomic mass is 16.5. The number of carboxylic acid groups (broad SMARTS) is 1. The number of rotatable bonds is 9. The van der Waals surface area contributed by atoms with Crippen molar-refractivity contribution in [2.24, 2.45) is 0 Å². The molecule has 2 amide bonds. The number of nitrogens with one attached hydrogen (secondary N) is 1. The maximum Gasteiger partial charge on any atom is 0.347 e. The van der Waals surface area contributed by atoms with Gasteiger partial charge < -0.3 is 24.8 Å². The molecule has 0 aromatic heterocycles. The van der Waals surface area contributed by atoms with Gasteiger partial charge in [0, 0.05) is 19.5 Å². The molecule has 2 N–H and O–H groups in total. The first kappa shape index (κ1) is 22.5. The van der Waals surface area contributed by atoms with Crippen LogP contribution in [0.5, 0.6) is 11.5 Å². The molecule has 1 heterocycles. The lowest BCUT2D eigenvalue weighted by molar-refractivity contribution is -0.152. The summed E-state index contributed by atoms with van der Waals surface area (Å²) in [7, 11) is 0. The minimum absolute atomic E-state index is 0.0249. The van der Waals surface area contributed by atoms with Crippen molar-refractivity contribution in [3.63, 3.8) is 0 Å². The van der Waals surface area contributed by atoms with Gasteiger partial charge in [-0.3, -0.25) is 0 Å². The second-order valence-corrected chi connectivity index (χ2v) is 8.73. The van der Waals surface area contributed by atoms with E-state index in [-0.39, 0.29) is 12.1 Å². The predicted molar refractivity (Wildman–Crippen MR) is 126 cm³/mol. The number of carboxylic acids is 1. The summed E-state index contributed by atoms with van der Waals surface area (Å²) < 4.78 is 11.3. The van der Waals surface area contributed by atoms with E-state index < -0.39 is 11.6 Å². The van der Waals surface area contributed by atoms with Crippen molar-refractivity contribution in [2.45, 2.75) is 38.5 Å². The van der Waals surface area contributed by atoms with Gasteiger partial charge in [0.05, 0.1) is 12.6 Å². The minimum atomic E-state index is -1.30. The average molecular weight is 449 g/mol. The Bertz CT molecular complexity index is 1140. The summed E-state index contributed by atoms with van der Waals surface area (Å²) in [4.78, 5) is 25.4. The van der Waals surface area contributed by atoms with Gasteiger partial charge >= 0.3 is 12.0 Å². The molecule has 1 unspecified atom stereocenters. The zero-order valence-corrected chi connectivity index (χ0v) is 18.8. The average Bonchev–Trinajstić information content (AvgIpc) is 3.13. The van der Waals surface area contributed by atoms with Gasteiger partial charge in [-0.15, -0.1) is 0 Å². The third kappa shape index (κ3) is 5.55. The van der Waals surface area contributed by atoms with Crippen LogP contribution in [0.4, 0.5) is 4.79 Å². The quantitative estimate of drug-likeness (QED) is 0.505. The van der Waals surface area contributed by atoms with E-state index in [1.807, 2.05) is 17.0 Å². The molecule has 0 spiro atoms. The van der Waals surface area contributed by atoms with E-state index in [2.05, 4.69) is 35.6 Å². The Morgan fingerprint density at radius 2 is 1.76 bits per heavy atom. The van der Waals surface area contributed by atoms with E-state index in [1.54, 1.807) is 24.3 Å². The Hall–Kier alpha value is -3.74. The van der Waals surface area contributed by atoms with Crippen LogP contribution in [0.2, 0.25) is 0 Å². The fourth-order valence-corrected chi connectivity index (χ4v) is 3.78. The van der Waals surface area contributed by atoms with Gasteiger partial charge in [0.1, 0.15) is 11.5 Å². The number of hydrogen-bond donors (Lipinski definition) is 2. The molecule has 1 fully saturated rings. The molecular formula is C26H28N2O5. The van der Waals surface area contributed by atoms with Crippen LogP contribution in [0.1, 0.15) is 25.8 Å². The van der Waals surface area contributed by atoms with Crippen LogP contribution in [0.15, 0.2) is 66.7 Å². The van der Waals surface area contributed by atoms with Crippen LogP contribution < -0.4 is 14.8 Å². The summed E-state index contributed by atoms with van der Waals surface area (Å²) in [5.74, 6) is 0.0889. The minimum Gasteiger partial charge on any atom is -0.494 e.